The van der Waals surface area contributed by atoms with Crippen LogP contribution in [0, 0.1) is 5.92 Å². The van der Waals surface area contributed by atoms with Gasteiger partial charge in [-0.25, -0.2) is 5.43 Å². The van der Waals surface area contributed by atoms with Gasteiger partial charge in [0.05, 0.1) is 6.21 Å². The molecular weight excluding hydrogens is 266 g/mol. The van der Waals surface area contributed by atoms with E-state index in [1.165, 1.54) is 6.21 Å². The molecule has 0 aliphatic carbocycles. The first-order chi connectivity index (χ1) is 9.00. The lowest BCUT2D eigenvalue weighted by molar-refractivity contribution is -0.139. The third-order valence-electron chi connectivity index (χ3n) is 2.15. The molecule has 0 saturated carbocycles. The molecule has 2 amide bonds. The van der Waals surface area contributed by atoms with E-state index in [0.29, 0.717) is 17.1 Å². The van der Waals surface area contributed by atoms with Crippen LogP contribution in [0.5, 0.6) is 0 Å². The smallest absolute Gasteiger partial charge is 0.329 e. The van der Waals surface area contributed by atoms with E-state index in [1.54, 1.807) is 24.3 Å². The molecule has 0 saturated heterocycles. The first-order valence-corrected chi connectivity index (χ1v) is 6.24. The maximum absolute atomic E-state index is 11.4. The Labute approximate surface area is 117 Å². The van der Waals surface area contributed by atoms with Crippen LogP contribution in [0.25, 0.3) is 0 Å². The molecule has 102 valence electrons. The van der Waals surface area contributed by atoms with Crippen molar-refractivity contribution in [1.82, 2.24) is 10.7 Å². The molecule has 0 fully saturated rings. The first-order valence-electron chi connectivity index (χ1n) is 5.86. The molecule has 0 spiro atoms. The van der Waals surface area contributed by atoms with Crippen molar-refractivity contribution >= 4 is 29.6 Å². The summed E-state index contributed by atoms with van der Waals surface area (Å²) < 4.78 is 0. The Hall–Kier alpha value is -1.88. The van der Waals surface area contributed by atoms with Gasteiger partial charge in [-0.2, -0.15) is 5.10 Å². The van der Waals surface area contributed by atoms with E-state index >= 15 is 0 Å². The Balaban J connectivity index is 2.46. The molecule has 0 bridgehead atoms. The van der Waals surface area contributed by atoms with E-state index in [2.05, 4.69) is 15.8 Å². The highest BCUT2D eigenvalue weighted by Crippen LogP contribution is 2.11. The highest BCUT2D eigenvalue weighted by molar-refractivity contribution is 6.35. The Morgan fingerprint density at radius 1 is 1.32 bits per heavy atom. The predicted molar refractivity (Wildman–Crippen MR) is 75.0 cm³/mol. The molecule has 1 aromatic carbocycles. The number of rotatable bonds is 4. The van der Waals surface area contributed by atoms with Gasteiger partial charge in [0, 0.05) is 17.1 Å². The van der Waals surface area contributed by atoms with Crippen LogP contribution in [-0.4, -0.2) is 24.6 Å². The van der Waals surface area contributed by atoms with Crippen molar-refractivity contribution in [2.24, 2.45) is 11.0 Å². The summed E-state index contributed by atoms with van der Waals surface area (Å²) in [5.74, 6) is -1.22. The molecule has 5 nitrogen and oxygen atoms in total. The zero-order valence-electron chi connectivity index (χ0n) is 10.8. The number of halogens is 1. The third-order valence-corrected chi connectivity index (χ3v) is 2.50. The van der Waals surface area contributed by atoms with Gasteiger partial charge in [0.1, 0.15) is 0 Å². The van der Waals surface area contributed by atoms with Crippen molar-refractivity contribution in [3.8, 4) is 0 Å². The number of carbonyl (C=O) groups excluding carboxylic acids is 2. The minimum Gasteiger partial charge on any atom is -0.348 e. The van der Waals surface area contributed by atoms with Crippen LogP contribution in [0.15, 0.2) is 29.4 Å². The number of nitrogens with zero attached hydrogens (tertiary/aromatic N) is 1. The number of benzene rings is 1. The molecule has 2 N–H and O–H groups in total. The van der Waals surface area contributed by atoms with Gasteiger partial charge in [0.15, 0.2) is 0 Å². The van der Waals surface area contributed by atoms with Crippen LogP contribution >= 0.6 is 11.6 Å². The van der Waals surface area contributed by atoms with E-state index in [0.717, 1.165) is 0 Å². The summed E-state index contributed by atoms with van der Waals surface area (Å²) in [6, 6.07) is 7.04. The molecule has 0 unspecified atom stereocenters. The van der Waals surface area contributed by atoms with E-state index in [-0.39, 0.29) is 5.92 Å². The van der Waals surface area contributed by atoms with E-state index in [4.69, 9.17) is 11.6 Å². The van der Waals surface area contributed by atoms with E-state index < -0.39 is 11.8 Å². The number of nitrogens with one attached hydrogen (secondary N) is 2. The zero-order chi connectivity index (χ0) is 14.3. The van der Waals surface area contributed by atoms with E-state index in [9.17, 15) is 9.59 Å². The van der Waals surface area contributed by atoms with Crippen molar-refractivity contribution in [1.29, 1.82) is 0 Å². The first kappa shape index (κ1) is 15.2. The number of hydrazone groups is 1. The highest BCUT2D eigenvalue weighted by Gasteiger charge is 2.12. The second-order valence-electron chi connectivity index (χ2n) is 4.32. The molecule has 1 rings (SSSR count). The molecule has 19 heavy (non-hydrogen) atoms. The van der Waals surface area contributed by atoms with E-state index in [1.807, 2.05) is 13.8 Å². The highest BCUT2D eigenvalue weighted by atomic mass is 35.5. The van der Waals surface area contributed by atoms with Gasteiger partial charge in [-0.15, -0.1) is 0 Å². The van der Waals surface area contributed by atoms with Crippen molar-refractivity contribution < 1.29 is 9.59 Å². The van der Waals surface area contributed by atoms with Crippen LogP contribution in [-0.2, 0) is 9.59 Å². The maximum atomic E-state index is 11.4. The molecule has 0 aliphatic rings. The summed E-state index contributed by atoms with van der Waals surface area (Å²) in [5.41, 5.74) is 2.80. The SMILES string of the molecule is CC(C)CNC(=O)C(=O)N/N=C\c1ccccc1Cl. The van der Waals surface area contributed by atoms with Crippen LogP contribution in [0.4, 0.5) is 0 Å². The Morgan fingerprint density at radius 3 is 2.63 bits per heavy atom. The number of carbonyl (C=O) groups is 2. The summed E-state index contributed by atoms with van der Waals surface area (Å²) in [6.45, 7) is 4.32. The summed E-state index contributed by atoms with van der Waals surface area (Å²) in [4.78, 5) is 22.7. The molecule has 0 aliphatic heterocycles. The number of amides is 2. The molecule has 0 atom stereocenters. The summed E-state index contributed by atoms with van der Waals surface area (Å²) in [6.07, 6.45) is 1.38. The molecule has 0 radical (unpaired) electrons. The third kappa shape index (κ3) is 5.52. The molecule has 1 aromatic rings. The minimum absolute atomic E-state index is 0.281. The fourth-order valence-corrected chi connectivity index (χ4v) is 1.35. The molecule has 0 aromatic heterocycles. The van der Waals surface area contributed by atoms with Gasteiger partial charge in [-0.05, 0) is 12.0 Å². The topological polar surface area (TPSA) is 70.6 Å². The quantitative estimate of drug-likeness (QED) is 0.499. The predicted octanol–water partition coefficient (Wildman–Crippen LogP) is 1.56. The lowest BCUT2D eigenvalue weighted by Gasteiger charge is -2.05. The van der Waals surface area contributed by atoms with Gasteiger partial charge < -0.3 is 5.32 Å². The lowest BCUT2D eigenvalue weighted by Crippen LogP contribution is -2.39. The van der Waals surface area contributed by atoms with Crippen molar-refractivity contribution in [2.45, 2.75) is 13.8 Å². The van der Waals surface area contributed by atoms with Crippen LogP contribution in [0.2, 0.25) is 5.02 Å². The van der Waals surface area contributed by atoms with Gasteiger partial charge in [-0.3, -0.25) is 9.59 Å². The maximum Gasteiger partial charge on any atom is 0.329 e. The Morgan fingerprint density at radius 2 is 2.00 bits per heavy atom. The second-order valence-corrected chi connectivity index (χ2v) is 4.73. The zero-order valence-corrected chi connectivity index (χ0v) is 11.6. The lowest BCUT2D eigenvalue weighted by atomic mass is 10.2. The largest absolute Gasteiger partial charge is 0.348 e. The van der Waals surface area contributed by atoms with Gasteiger partial charge in [0.2, 0.25) is 0 Å². The Kier molecular flexibility index (Phi) is 6.02. The van der Waals surface area contributed by atoms with Gasteiger partial charge in [0.25, 0.3) is 0 Å². The van der Waals surface area contributed by atoms with Crippen LogP contribution < -0.4 is 10.7 Å². The molecular formula is C13H16ClN3O2. The molecule has 6 heteroatoms. The summed E-state index contributed by atoms with van der Waals surface area (Å²) >= 11 is 5.90. The summed E-state index contributed by atoms with van der Waals surface area (Å²) in [7, 11) is 0. The summed E-state index contributed by atoms with van der Waals surface area (Å²) in [5, 5.41) is 6.69. The van der Waals surface area contributed by atoms with Gasteiger partial charge in [-0.1, -0.05) is 43.6 Å². The van der Waals surface area contributed by atoms with Crippen LogP contribution in [0.3, 0.4) is 0 Å². The average molecular weight is 282 g/mol. The standard InChI is InChI=1S/C13H16ClN3O2/c1-9(2)7-15-12(18)13(19)17-16-8-10-5-3-4-6-11(10)14/h3-6,8-9H,7H2,1-2H3,(H,15,18)(H,17,19)/b16-8-. The normalized spacial score (nSPS) is 10.7. The van der Waals surface area contributed by atoms with Gasteiger partial charge >= 0.3 is 11.8 Å². The fourth-order valence-electron chi connectivity index (χ4n) is 1.17. The Bertz CT molecular complexity index is 487. The second kappa shape index (κ2) is 7.53. The number of hydrogen-bond donors (Lipinski definition) is 2. The van der Waals surface area contributed by atoms with Crippen molar-refractivity contribution in [2.75, 3.05) is 6.54 Å². The van der Waals surface area contributed by atoms with Crippen molar-refractivity contribution in [3.05, 3.63) is 34.9 Å². The van der Waals surface area contributed by atoms with Crippen LogP contribution in [0.1, 0.15) is 19.4 Å². The fraction of sp³-hybridized carbons (Fsp3) is 0.308. The van der Waals surface area contributed by atoms with Crippen molar-refractivity contribution in [3.63, 3.8) is 0 Å². The molecule has 0 heterocycles. The monoisotopic (exact) mass is 281 g/mol. The number of hydrogen-bond acceptors (Lipinski definition) is 3. The minimum atomic E-state index is -0.802. The average Bonchev–Trinajstić information content (AvgIpc) is 2.38.